The maximum Gasteiger partial charge on any atom is 0.310 e. The monoisotopic (exact) mass is 275 g/mol. The second-order valence-corrected chi connectivity index (χ2v) is 5.44. The number of amides is 1. The number of hydrogen-bond donors (Lipinski definition) is 0. The van der Waals surface area contributed by atoms with Crippen LogP contribution in [0.3, 0.4) is 0 Å². The Bertz CT molecular complexity index is 470. The highest BCUT2D eigenvalue weighted by atomic mass is 16.5. The van der Waals surface area contributed by atoms with Gasteiger partial charge in [-0.25, -0.2) is 0 Å². The molecular formula is C16H21NO3. The molecule has 1 aromatic carbocycles. The van der Waals surface area contributed by atoms with Gasteiger partial charge < -0.3 is 9.64 Å². The summed E-state index contributed by atoms with van der Waals surface area (Å²) in [5.41, 5.74) is 0.672. The molecule has 1 aliphatic heterocycles. The first-order valence-corrected chi connectivity index (χ1v) is 7.12. The third-order valence-electron chi connectivity index (χ3n) is 3.41. The van der Waals surface area contributed by atoms with Crippen LogP contribution in [0.25, 0.3) is 0 Å². The Morgan fingerprint density at radius 1 is 1.25 bits per heavy atom. The van der Waals surface area contributed by atoms with Crippen molar-refractivity contribution in [1.82, 2.24) is 4.90 Å². The molecule has 4 heteroatoms. The number of carbonyl (C=O) groups is 2. The summed E-state index contributed by atoms with van der Waals surface area (Å²) in [6.45, 7) is 4.85. The lowest BCUT2D eigenvalue weighted by Gasteiger charge is -2.32. The molecule has 0 spiro atoms. The van der Waals surface area contributed by atoms with E-state index in [9.17, 15) is 9.59 Å². The molecule has 1 aliphatic rings. The van der Waals surface area contributed by atoms with Gasteiger partial charge in [-0.2, -0.15) is 0 Å². The number of rotatable bonds is 3. The molecule has 0 radical (unpaired) electrons. The minimum absolute atomic E-state index is 0.00681. The van der Waals surface area contributed by atoms with Crippen LogP contribution in [0, 0.1) is 5.92 Å². The van der Waals surface area contributed by atoms with Gasteiger partial charge in [0.15, 0.2) is 0 Å². The van der Waals surface area contributed by atoms with Crippen LogP contribution in [0.15, 0.2) is 30.3 Å². The lowest BCUT2D eigenvalue weighted by molar-refractivity contribution is -0.153. The molecule has 0 aromatic heterocycles. The van der Waals surface area contributed by atoms with E-state index in [2.05, 4.69) is 0 Å². The van der Waals surface area contributed by atoms with E-state index in [0.29, 0.717) is 18.7 Å². The minimum Gasteiger partial charge on any atom is -0.463 e. The van der Waals surface area contributed by atoms with E-state index in [0.717, 1.165) is 12.8 Å². The number of carbonyl (C=O) groups excluding carboxylic acids is 2. The Kier molecular flexibility index (Phi) is 4.77. The third-order valence-corrected chi connectivity index (χ3v) is 3.41. The van der Waals surface area contributed by atoms with Gasteiger partial charge in [0, 0.05) is 18.7 Å². The largest absolute Gasteiger partial charge is 0.463 e. The molecule has 1 unspecified atom stereocenters. The van der Waals surface area contributed by atoms with Gasteiger partial charge in [-0.05, 0) is 38.8 Å². The Hall–Kier alpha value is -1.84. The number of likely N-dealkylation sites (tertiary alicyclic amines) is 1. The summed E-state index contributed by atoms with van der Waals surface area (Å²) in [6.07, 6.45) is 1.53. The zero-order chi connectivity index (χ0) is 14.5. The average molecular weight is 275 g/mol. The van der Waals surface area contributed by atoms with Crippen molar-refractivity contribution in [2.45, 2.75) is 32.8 Å². The van der Waals surface area contributed by atoms with E-state index in [-0.39, 0.29) is 23.9 Å². The van der Waals surface area contributed by atoms with E-state index in [1.54, 1.807) is 17.0 Å². The van der Waals surface area contributed by atoms with Gasteiger partial charge in [-0.3, -0.25) is 9.59 Å². The second-order valence-electron chi connectivity index (χ2n) is 5.44. The highest BCUT2D eigenvalue weighted by Crippen LogP contribution is 2.20. The third kappa shape index (κ3) is 3.59. The molecule has 4 nitrogen and oxygen atoms in total. The molecule has 0 saturated carbocycles. The minimum atomic E-state index is -0.196. The van der Waals surface area contributed by atoms with Gasteiger partial charge >= 0.3 is 5.97 Å². The van der Waals surface area contributed by atoms with Crippen molar-refractivity contribution in [3.63, 3.8) is 0 Å². The molecule has 108 valence electrons. The summed E-state index contributed by atoms with van der Waals surface area (Å²) >= 11 is 0. The standard InChI is InChI=1S/C16H21NO3/c1-12(2)20-16(19)14-9-6-10-17(11-14)15(18)13-7-4-3-5-8-13/h3-5,7-8,12,14H,6,9-11H2,1-2H3. The zero-order valence-corrected chi connectivity index (χ0v) is 12.0. The Labute approximate surface area is 119 Å². The van der Waals surface area contributed by atoms with Crippen molar-refractivity contribution in [2.24, 2.45) is 5.92 Å². The Balaban J connectivity index is 2.00. The molecule has 0 bridgehead atoms. The normalized spacial score (nSPS) is 18.9. The van der Waals surface area contributed by atoms with Gasteiger partial charge in [0.25, 0.3) is 5.91 Å². The van der Waals surface area contributed by atoms with Crippen molar-refractivity contribution >= 4 is 11.9 Å². The smallest absolute Gasteiger partial charge is 0.310 e. The van der Waals surface area contributed by atoms with Crippen LogP contribution in [0.4, 0.5) is 0 Å². The predicted molar refractivity (Wildman–Crippen MR) is 76.3 cm³/mol. The van der Waals surface area contributed by atoms with Gasteiger partial charge in [-0.15, -0.1) is 0 Å². The first-order chi connectivity index (χ1) is 9.58. The molecular weight excluding hydrogens is 254 g/mol. The van der Waals surface area contributed by atoms with E-state index in [1.165, 1.54) is 0 Å². The van der Waals surface area contributed by atoms with Crippen LogP contribution in [0.1, 0.15) is 37.0 Å². The quantitative estimate of drug-likeness (QED) is 0.796. The van der Waals surface area contributed by atoms with Crippen LogP contribution in [-0.4, -0.2) is 36.0 Å². The fourth-order valence-corrected chi connectivity index (χ4v) is 2.45. The lowest BCUT2D eigenvalue weighted by Crippen LogP contribution is -2.43. The average Bonchev–Trinajstić information content (AvgIpc) is 2.47. The lowest BCUT2D eigenvalue weighted by atomic mass is 9.97. The van der Waals surface area contributed by atoms with Gasteiger partial charge in [-0.1, -0.05) is 18.2 Å². The van der Waals surface area contributed by atoms with E-state index in [1.807, 2.05) is 32.0 Å². The number of hydrogen-bond acceptors (Lipinski definition) is 3. The summed E-state index contributed by atoms with van der Waals surface area (Å²) in [6, 6.07) is 9.19. The van der Waals surface area contributed by atoms with Crippen LogP contribution in [-0.2, 0) is 9.53 Å². The van der Waals surface area contributed by atoms with E-state index in [4.69, 9.17) is 4.74 Å². The molecule has 1 atom stereocenters. The Morgan fingerprint density at radius 3 is 2.60 bits per heavy atom. The Morgan fingerprint density at radius 2 is 1.95 bits per heavy atom. The first-order valence-electron chi connectivity index (χ1n) is 7.12. The molecule has 1 saturated heterocycles. The predicted octanol–water partition coefficient (Wildman–Crippen LogP) is 2.49. The van der Waals surface area contributed by atoms with Crippen molar-refractivity contribution in [3.05, 3.63) is 35.9 Å². The maximum absolute atomic E-state index is 12.4. The molecule has 1 aromatic rings. The van der Waals surface area contributed by atoms with Crippen LogP contribution < -0.4 is 0 Å². The molecule has 1 heterocycles. The number of ether oxygens (including phenoxy) is 1. The van der Waals surface area contributed by atoms with Crippen molar-refractivity contribution in [2.75, 3.05) is 13.1 Å². The summed E-state index contributed by atoms with van der Waals surface area (Å²) < 4.78 is 5.25. The molecule has 0 N–H and O–H groups in total. The van der Waals surface area contributed by atoms with Crippen molar-refractivity contribution in [3.8, 4) is 0 Å². The van der Waals surface area contributed by atoms with Gasteiger partial charge in [0.05, 0.1) is 12.0 Å². The molecule has 1 amide bonds. The topological polar surface area (TPSA) is 46.6 Å². The van der Waals surface area contributed by atoms with Gasteiger partial charge in [0.2, 0.25) is 0 Å². The summed E-state index contributed by atoms with van der Waals surface area (Å²) in [7, 11) is 0. The van der Waals surface area contributed by atoms with Crippen LogP contribution in [0.2, 0.25) is 0 Å². The SMILES string of the molecule is CC(C)OC(=O)C1CCCN(C(=O)c2ccccc2)C1. The highest BCUT2D eigenvalue weighted by Gasteiger charge is 2.30. The zero-order valence-electron chi connectivity index (χ0n) is 12.0. The summed E-state index contributed by atoms with van der Waals surface area (Å²) in [4.78, 5) is 26.1. The molecule has 1 fully saturated rings. The first kappa shape index (κ1) is 14.6. The van der Waals surface area contributed by atoms with E-state index < -0.39 is 0 Å². The molecule has 20 heavy (non-hydrogen) atoms. The molecule has 0 aliphatic carbocycles. The summed E-state index contributed by atoms with van der Waals surface area (Å²) in [5.74, 6) is -0.392. The van der Waals surface area contributed by atoms with Crippen LogP contribution >= 0.6 is 0 Å². The summed E-state index contributed by atoms with van der Waals surface area (Å²) in [5, 5.41) is 0. The maximum atomic E-state index is 12.4. The van der Waals surface area contributed by atoms with Crippen molar-refractivity contribution in [1.29, 1.82) is 0 Å². The number of piperidine rings is 1. The number of nitrogens with zero attached hydrogens (tertiary/aromatic N) is 1. The number of benzene rings is 1. The van der Waals surface area contributed by atoms with Crippen molar-refractivity contribution < 1.29 is 14.3 Å². The molecule has 2 rings (SSSR count). The fraction of sp³-hybridized carbons (Fsp3) is 0.500. The van der Waals surface area contributed by atoms with Crippen LogP contribution in [0.5, 0.6) is 0 Å². The second kappa shape index (κ2) is 6.55. The van der Waals surface area contributed by atoms with E-state index >= 15 is 0 Å². The fourth-order valence-electron chi connectivity index (χ4n) is 2.45. The van der Waals surface area contributed by atoms with Gasteiger partial charge in [0.1, 0.15) is 0 Å². The number of esters is 1. The highest BCUT2D eigenvalue weighted by molar-refractivity contribution is 5.94.